The van der Waals surface area contributed by atoms with E-state index in [-0.39, 0.29) is 18.4 Å². The van der Waals surface area contributed by atoms with Crippen molar-refractivity contribution in [2.24, 2.45) is 5.92 Å². The van der Waals surface area contributed by atoms with Crippen molar-refractivity contribution in [3.63, 3.8) is 0 Å². The summed E-state index contributed by atoms with van der Waals surface area (Å²) in [7, 11) is 0. The first-order valence-electron chi connectivity index (χ1n) is 8.95. The highest BCUT2D eigenvalue weighted by Crippen LogP contribution is 2.29. The van der Waals surface area contributed by atoms with Crippen LogP contribution in [0.25, 0.3) is 0 Å². The maximum Gasteiger partial charge on any atom is 0.226 e. The lowest BCUT2D eigenvalue weighted by Crippen LogP contribution is -2.39. The van der Waals surface area contributed by atoms with E-state index in [0.29, 0.717) is 19.7 Å². The van der Waals surface area contributed by atoms with Crippen molar-refractivity contribution < 1.29 is 14.6 Å². The molecule has 130 valence electrons. The minimum atomic E-state index is 0.000630. The van der Waals surface area contributed by atoms with E-state index in [1.807, 2.05) is 23.1 Å². The quantitative estimate of drug-likeness (QED) is 0.917. The summed E-state index contributed by atoms with van der Waals surface area (Å²) in [5, 5.41) is 9.36. The molecule has 1 N–H and O–H groups in total. The van der Waals surface area contributed by atoms with Gasteiger partial charge in [-0.3, -0.25) is 4.79 Å². The van der Waals surface area contributed by atoms with Crippen LogP contribution in [-0.4, -0.2) is 29.1 Å². The second-order valence-corrected chi connectivity index (χ2v) is 6.92. The number of amides is 1. The van der Waals surface area contributed by atoms with Gasteiger partial charge >= 0.3 is 0 Å². The average Bonchev–Trinajstić information content (AvgIpc) is 2.88. The van der Waals surface area contributed by atoms with Crippen molar-refractivity contribution in [1.82, 2.24) is 4.90 Å². The van der Waals surface area contributed by atoms with Gasteiger partial charge in [0.2, 0.25) is 5.91 Å². The number of aryl methyl sites for hydroxylation is 1. The summed E-state index contributed by atoms with van der Waals surface area (Å²) in [6, 6.07) is 14.1. The monoisotopic (exact) mass is 337 g/mol. The molecular formula is C21H23NO3. The van der Waals surface area contributed by atoms with Crippen LogP contribution < -0.4 is 4.74 Å². The van der Waals surface area contributed by atoms with E-state index in [1.165, 1.54) is 11.1 Å². The lowest BCUT2D eigenvalue weighted by molar-refractivity contribution is -0.136. The molecule has 25 heavy (non-hydrogen) atoms. The summed E-state index contributed by atoms with van der Waals surface area (Å²) in [6.45, 7) is 1.68. The van der Waals surface area contributed by atoms with Crippen LogP contribution in [0.4, 0.5) is 0 Å². The summed E-state index contributed by atoms with van der Waals surface area (Å²) in [4.78, 5) is 15.0. The zero-order valence-electron chi connectivity index (χ0n) is 14.3. The molecule has 1 aliphatic heterocycles. The van der Waals surface area contributed by atoms with E-state index in [9.17, 15) is 9.90 Å². The van der Waals surface area contributed by atoms with Gasteiger partial charge in [0.25, 0.3) is 0 Å². The highest BCUT2D eigenvalue weighted by atomic mass is 16.5. The number of fused-ring (bicyclic) bond motifs is 2. The van der Waals surface area contributed by atoms with E-state index in [0.717, 1.165) is 36.1 Å². The van der Waals surface area contributed by atoms with Crippen molar-refractivity contribution in [3.8, 4) is 5.75 Å². The first-order chi connectivity index (χ1) is 12.2. The van der Waals surface area contributed by atoms with Crippen LogP contribution in [0.1, 0.15) is 28.7 Å². The van der Waals surface area contributed by atoms with Crippen LogP contribution in [0.2, 0.25) is 0 Å². The Morgan fingerprint density at radius 1 is 1.16 bits per heavy atom. The standard InChI is InChI=1S/C21H23NO3/c23-14-15-5-8-20-19(11-15)13-22(9-10-25-20)21(24)18-7-6-16-3-1-2-4-17(16)12-18/h1-5,8,11,18,23H,6-7,9-10,12-14H2/t18-/m1/s1. The number of aliphatic hydroxyl groups is 1. The fraction of sp³-hybridized carbons (Fsp3) is 0.381. The lowest BCUT2D eigenvalue weighted by Gasteiger charge is -2.29. The van der Waals surface area contributed by atoms with Gasteiger partial charge < -0.3 is 14.7 Å². The summed E-state index contributed by atoms with van der Waals surface area (Å²) < 4.78 is 5.80. The van der Waals surface area contributed by atoms with Crippen molar-refractivity contribution in [2.75, 3.05) is 13.2 Å². The Labute approximate surface area is 148 Å². The summed E-state index contributed by atoms with van der Waals surface area (Å²) in [5.41, 5.74) is 4.52. The molecule has 4 nitrogen and oxygen atoms in total. The van der Waals surface area contributed by atoms with Crippen LogP contribution in [0.3, 0.4) is 0 Å². The normalized spacial score (nSPS) is 19.4. The molecule has 0 aromatic heterocycles. The highest BCUT2D eigenvalue weighted by molar-refractivity contribution is 5.79. The van der Waals surface area contributed by atoms with Crippen LogP contribution in [0.15, 0.2) is 42.5 Å². The molecule has 4 heteroatoms. The molecule has 0 bridgehead atoms. The summed E-state index contributed by atoms with van der Waals surface area (Å²) >= 11 is 0. The molecule has 2 aromatic carbocycles. The Balaban J connectivity index is 1.52. The van der Waals surface area contributed by atoms with Gasteiger partial charge in [0.15, 0.2) is 0 Å². The van der Waals surface area contributed by atoms with E-state index in [1.54, 1.807) is 0 Å². The minimum Gasteiger partial charge on any atom is -0.491 e. The van der Waals surface area contributed by atoms with Crippen LogP contribution in [0, 0.1) is 5.92 Å². The largest absolute Gasteiger partial charge is 0.491 e. The summed E-state index contributed by atoms with van der Waals surface area (Å²) in [6.07, 6.45) is 2.72. The van der Waals surface area contributed by atoms with Gasteiger partial charge in [0.1, 0.15) is 12.4 Å². The molecule has 0 saturated carbocycles. The second kappa shape index (κ2) is 6.89. The number of ether oxygens (including phenoxy) is 1. The molecule has 2 aliphatic rings. The van der Waals surface area contributed by atoms with Crippen molar-refractivity contribution >= 4 is 5.91 Å². The fourth-order valence-electron chi connectivity index (χ4n) is 3.90. The Bertz CT molecular complexity index is 786. The Morgan fingerprint density at radius 3 is 2.84 bits per heavy atom. The predicted octanol–water partition coefficient (Wildman–Crippen LogP) is 2.71. The fourth-order valence-corrected chi connectivity index (χ4v) is 3.90. The number of aliphatic hydroxyl groups excluding tert-OH is 1. The molecule has 0 saturated heterocycles. The Morgan fingerprint density at radius 2 is 2.00 bits per heavy atom. The molecule has 4 rings (SSSR count). The van der Waals surface area contributed by atoms with E-state index in [2.05, 4.69) is 24.3 Å². The van der Waals surface area contributed by atoms with Crippen LogP contribution in [0.5, 0.6) is 5.75 Å². The number of hydrogen-bond donors (Lipinski definition) is 1. The lowest BCUT2D eigenvalue weighted by atomic mass is 9.83. The molecule has 2 aromatic rings. The van der Waals surface area contributed by atoms with Gasteiger partial charge in [-0.15, -0.1) is 0 Å². The van der Waals surface area contributed by atoms with Crippen molar-refractivity contribution in [2.45, 2.75) is 32.4 Å². The first kappa shape index (κ1) is 16.2. The zero-order valence-corrected chi connectivity index (χ0v) is 14.3. The number of rotatable bonds is 2. The smallest absolute Gasteiger partial charge is 0.226 e. The van der Waals surface area contributed by atoms with Gasteiger partial charge in [0, 0.05) is 18.0 Å². The molecular weight excluding hydrogens is 314 g/mol. The first-order valence-corrected chi connectivity index (χ1v) is 8.95. The molecule has 1 aliphatic carbocycles. The summed E-state index contributed by atoms with van der Waals surface area (Å²) in [5.74, 6) is 1.10. The maximum atomic E-state index is 13.1. The van der Waals surface area contributed by atoms with Gasteiger partial charge in [-0.2, -0.15) is 0 Å². The third-order valence-corrected chi connectivity index (χ3v) is 5.30. The van der Waals surface area contributed by atoms with Crippen molar-refractivity contribution in [1.29, 1.82) is 0 Å². The zero-order chi connectivity index (χ0) is 17.2. The Kier molecular flexibility index (Phi) is 4.45. The second-order valence-electron chi connectivity index (χ2n) is 6.92. The number of hydrogen-bond acceptors (Lipinski definition) is 3. The molecule has 1 atom stereocenters. The maximum absolute atomic E-state index is 13.1. The topological polar surface area (TPSA) is 49.8 Å². The van der Waals surface area contributed by atoms with E-state index in [4.69, 9.17) is 4.74 Å². The van der Waals surface area contributed by atoms with E-state index >= 15 is 0 Å². The third-order valence-electron chi connectivity index (χ3n) is 5.30. The Hall–Kier alpha value is -2.33. The highest BCUT2D eigenvalue weighted by Gasteiger charge is 2.29. The third kappa shape index (κ3) is 3.27. The number of carbonyl (C=O) groups excluding carboxylic acids is 1. The van der Waals surface area contributed by atoms with Gasteiger partial charge in [-0.05, 0) is 48.1 Å². The van der Waals surface area contributed by atoms with Crippen LogP contribution in [-0.2, 0) is 30.8 Å². The van der Waals surface area contributed by atoms with Crippen LogP contribution >= 0.6 is 0 Å². The minimum absolute atomic E-state index is 0.000630. The number of nitrogens with zero attached hydrogens (tertiary/aromatic N) is 1. The van der Waals surface area contributed by atoms with Crippen molar-refractivity contribution in [3.05, 3.63) is 64.7 Å². The number of carbonyl (C=O) groups is 1. The average molecular weight is 337 g/mol. The molecule has 1 amide bonds. The van der Waals surface area contributed by atoms with E-state index < -0.39 is 0 Å². The molecule has 0 fully saturated rings. The molecule has 1 heterocycles. The number of benzene rings is 2. The van der Waals surface area contributed by atoms with Gasteiger partial charge in [-0.1, -0.05) is 30.3 Å². The molecule has 0 unspecified atom stereocenters. The molecule has 0 radical (unpaired) electrons. The SMILES string of the molecule is O=C([C@@H]1CCc2ccccc2C1)N1CCOc2ccc(CO)cc2C1. The van der Waals surface area contributed by atoms with Gasteiger partial charge in [-0.25, -0.2) is 0 Å². The predicted molar refractivity (Wildman–Crippen MR) is 95.2 cm³/mol. The molecule has 0 spiro atoms. The van der Waals surface area contributed by atoms with Gasteiger partial charge in [0.05, 0.1) is 13.2 Å².